The van der Waals surface area contributed by atoms with Crippen molar-refractivity contribution in [3.63, 3.8) is 0 Å². The average Bonchev–Trinajstić information content (AvgIpc) is 2.58. The Morgan fingerprint density at radius 3 is 2.71 bits per heavy atom. The fraction of sp³-hybridized carbons (Fsp3) is 0.471. The second-order valence-electron chi connectivity index (χ2n) is 5.93. The van der Waals surface area contributed by atoms with Crippen LogP contribution in [0.5, 0.6) is 0 Å². The summed E-state index contributed by atoms with van der Waals surface area (Å²) < 4.78 is 0. The third kappa shape index (κ3) is 4.71. The Kier molecular flexibility index (Phi) is 6.17. The maximum absolute atomic E-state index is 12.5. The van der Waals surface area contributed by atoms with Crippen LogP contribution in [-0.4, -0.2) is 46.9 Å². The van der Waals surface area contributed by atoms with Crippen LogP contribution in [0.4, 0.5) is 5.69 Å². The molecular weight excluding hydrogens is 310 g/mol. The number of carbonyl (C=O) groups excluding carboxylic acids is 2. The third-order valence-electron chi connectivity index (χ3n) is 4.26. The normalized spacial score (nSPS) is 17.3. The van der Waals surface area contributed by atoms with Gasteiger partial charge in [-0.05, 0) is 37.8 Å². The second-order valence-corrected chi connectivity index (χ2v) is 5.93. The highest BCUT2D eigenvalue weighted by molar-refractivity contribution is 5.99. The number of para-hydroxylation sites is 1. The van der Waals surface area contributed by atoms with Crippen LogP contribution in [0.15, 0.2) is 24.3 Å². The van der Waals surface area contributed by atoms with Gasteiger partial charge in [0.1, 0.15) is 0 Å². The number of primary amides is 1. The summed E-state index contributed by atoms with van der Waals surface area (Å²) in [7, 11) is 0. The molecule has 1 unspecified atom stereocenters. The van der Waals surface area contributed by atoms with E-state index in [9.17, 15) is 14.4 Å². The largest absolute Gasteiger partial charge is 0.481 e. The van der Waals surface area contributed by atoms with Gasteiger partial charge in [0.25, 0.3) is 5.91 Å². The Morgan fingerprint density at radius 1 is 1.25 bits per heavy atom. The van der Waals surface area contributed by atoms with E-state index in [1.165, 1.54) is 0 Å². The van der Waals surface area contributed by atoms with Crippen LogP contribution in [0, 0.1) is 0 Å². The molecule has 0 aliphatic carbocycles. The summed E-state index contributed by atoms with van der Waals surface area (Å²) in [5.74, 6) is -1.49. The summed E-state index contributed by atoms with van der Waals surface area (Å²) >= 11 is 0. The minimum absolute atomic E-state index is 0.0319. The maximum atomic E-state index is 12.5. The van der Waals surface area contributed by atoms with E-state index in [0.717, 1.165) is 19.3 Å². The van der Waals surface area contributed by atoms with Crippen molar-refractivity contribution in [1.82, 2.24) is 4.90 Å². The molecule has 0 spiro atoms. The molecule has 24 heavy (non-hydrogen) atoms. The zero-order chi connectivity index (χ0) is 17.5. The van der Waals surface area contributed by atoms with Crippen molar-refractivity contribution in [2.45, 2.75) is 38.1 Å². The molecule has 2 rings (SSSR count). The molecule has 130 valence electrons. The Labute approximate surface area is 140 Å². The molecule has 0 saturated carbocycles. The van der Waals surface area contributed by atoms with Gasteiger partial charge in [0, 0.05) is 24.7 Å². The van der Waals surface area contributed by atoms with Crippen LogP contribution in [0.3, 0.4) is 0 Å². The molecule has 1 aromatic carbocycles. The van der Waals surface area contributed by atoms with Gasteiger partial charge in [-0.3, -0.25) is 14.4 Å². The lowest BCUT2D eigenvalue weighted by Crippen LogP contribution is -2.46. The number of aliphatic carboxylic acids is 1. The summed E-state index contributed by atoms with van der Waals surface area (Å²) in [5, 5.41) is 11.8. The average molecular weight is 333 g/mol. The predicted molar refractivity (Wildman–Crippen MR) is 89.7 cm³/mol. The fourth-order valence-electron chi connectivity index (χ4n) is 3.04. The van der Waals surface area contributed by atoms with Crippen LogP contribution < -0.4 is 11.1 Å². The van der Waals surface area contributed by atoms with Crippen molar-refractivity contribution in [2.24, 2.45) is 5.73 Å². The standard InChI is InChI=1S/C17H23N3O4/c18-17(24)13-6-1-2-7-14(13)19-11-15(21)20-10-4-3-5-12(20)8-9-16(22)23/h1-2,6-7,12,19H,3-5,8-11H2,(H2,18,24)(H,22,23). The number of hydrogen-bond donors (Lipinski definition) is 3. The Morgan fingerprint density at radius 2 is 2.00 bits per heavy atom. The molecule has 4 N–H and O–H groups in total. The molecule has 1 aliphatic rings. The van der Waals surface area contributed by atoms with Crippen LogP contribution in [0.2, 0.25) is 0 Å². The zero-order valence-corrected chi connectivity index (χ0v) is 13.5. The van der Waals surface area contributed by atoms with Gasteiger partial charge in [-0.1, -0.05) is 12.1 Å². The van der Waals surface area contributed by atoms with Gasteiger partial charge >= 0.3 is 5.97 Å². The summed E-state index contributed by atoms with van der Waals surface area (Å²) in [6.07, 6.45) is 3.29. The number of benzene rings is 1. The number of nitrogens with one attached hydrogen (secondary N) is 1. The number of nitrogens with two attached hydrogens (primary N) is 1. The molecule has 1 heterocycles. The number of rotatable bonds is 7. The molecule has 0 aromatic heterocycles. The third-order valence-corrected chi connectivity index (χ3v) is 4.26. The highest BCUT2D eigenvalue weighted by Crippen LogP contribution is 2.21. The summed E-state index contributed by atoms with van der Waals surface area (Å²) in [6, 6.07) is 6.74. The molecule has 1 aromatic rings. The number of nitrogens with zero attached hydrogens (tertiary/aromatic N) is 1. The van der Waals surface area contributed by atoms with Crippen LogP contribution >= 0.6 is 0 Å². The minimum atomic E-state index is -0.846. The van der Waals surface area contributed by atoms with Crippen LogP contribution in [0.25, 0.3) is 0 Å². The summed E-state index contributed by atoms with van der Waals surface area (Å²) in [4.78, 5) is 36.4. The number of likely N-dealkylation sites (tertiary alicyclic amines) is 1. The van der Waals surface area contributed by atoms with Crippen molar-refractivity contribution in [3.05, 3.63) is 29.8 Å². The van der Waals surface area contributed by atoms with Crippen molar-refractivity contribution in [1.29, 1.82) is 0 Å². The lowest BCUT2D eigenvalue weighted by Gasteiger charge is -2.36. The number of carboxylic acids is 1. The van der Waals surface area contributed by atoms with Gasteiger partial charge in [0.2, 0.25) is 5.91 Å². The Bertz CT molecular complexity index is 618. The van der Waals surface area contributed by atoms with Gasteiger partial charge in [-0.15, -0.1) is 0 Å². The van der Waals surface area contributed by atoms with E-state index in [-0.39, 0.29) is 24.9 Å². The van der Waals surface area contributed by atoms with E-state index in [2.05, 4.69) is 5.32 Å². The second kappa shape index (κ2) is 8.33. The Hall–Kier alpha value is -2.57. The molecule has 7 heteroatoms. The number of amides is 2. The number of piperidine rings is 1. The molecule has 2 amide bonds. The number of anilines is 1. The molecule has 0 radical (unpaired) electrons. The zero-order valence-electron chi connectivity index (χ0n) is 13.5. The first-order chi connectivity index (χ1) is 11.5. The smallest absolute Gasteiger partial charge is 0.303 e. The molecule has 0 bridgehead atoms. The van der Waals surface area contributed by atoms with Crippen molar-refractivity contribution in [3.8, 4) is 0 Å². The van der Waals surface area contributed by atoms with E-state index < -0.39 is 11.9 Å². The van der Waals surface area contributed by atoms with E-state index in [4.69, 9.17) is 10.8 Å². The number of carboxylic acid groups (broad SMARTS) is 1. The minimum Gasteiger partial charge on any atom is -0.481 e. The summed E-state index contributed by atoms with van der Waals surface area (Å²) in [5.41, 5.74) is 6.19. The van der Waals surface area contributed by atoms with Crippen LogP contribution in [-0.2, 0) is 9.59 Å². The van der Waals surface area contributed by atoms with Gasteiger partial charge in [-0.2, -0.15) is 0 Å². The molecule has 1 fully saturated rings. The Balaban J connectivity index is 1.97. The van der Waals surface area contributed by atoms with Gasteiger partial charge in [0.15, 0.2) is 0 Å². The number of hydrogen-bond acceptors (Lipinski definition) is 4. The lowest BCUT2D eigenvalue weighted by molar-refractivity contribution is -0.139. The SMILES string of the molecule is NC(=O)c1ccccc1NCC(=O)N1CCCCC1CCC(=O)O. The molecular formula is C17H23N3O4. The first-order valence-corrected chi connectivity index (χ1v) is 8.13. The first-order valence-electron chi connectivity index (χ1n) is 8.13. The van der Waals surface area contributed by atoms with Gasteiger partial charge in [0.05, 0.1) is 12.1 Å². The molecule has 1 atom stereocenters. The van der Waals surface area contributed by atoms with Crippen LogP contribution in [0.1, 0.15) is 42.5 Å². The van der Waals surface area contributed by atoms with E-state index in [1.807, 2.05) is 0 Å². The highest BCUT2D eigenvalue weighted by atomic mass is 16.4. The van der Waals surface area contributed by atoms with Crippen molar-refractivity contribution in [2.75, 3.05) is 18.4 Å². The quantitative estimate of drug-likeness (QED) is 0.699. The fourth-order valence-corrected chi connectivity index (χ4v) is 3.04. The monoisotopic (exact) mass is 333 g/mol. The van der Waals surface area contributed by atoms with Crippen molar-refractivity contribution >= 4 is 23.5 Å². The lowest BCUT2D eigenvalue weighted by atomic mass is 9.98. The van der Waals surface area contributed by atoms with Crippen molar-refractivity contribution < 1.29 is 19.5 Å². The van der Waals surface area contributed by atoms with E-state index >= 15 is 0 Å². The molecule has 7 nitrogen and oxygen atoms in total. The first kappa shape index (κ1) is 17.8. The van der Waals surface area contributed by atoms with E-state index in [0.29, 0.717) is 24.2 Å². The van der Waals surface area contributed by atoms with Gasteiger partial charge < -0.3 is 21.1 Å². The number of carbonyl (C=O) groups is 3. The van der Waals surface area contributed by atoms with E-state index in [1.54, 1.807) is 29.2 Å². The molecule has 1 saturated heterocycles. The summed E-state index contributed by atoms with van der Waals surface area (Å²) in [6.45, 7) is 0.691. The topological polar surface area (TPSA) is 113 Å². The maximum Gasteiger partial charge on any atom is 0.303 e. The predicted octanol–water partition coefficient (Wildman–Crippen LogP) is 1.44. The van der Waals surface area contributed by atoms with Gasteiger partial charge in [-0.25, -0.2) is 0 Å². The highest BCUT2D eigenvalue weighted by Gasteiger charge is 2.26. The molecule has 1 aliphatic heterocycles.